The minimum Gasteiger partial charge on any atom is -0.329 e. The molecule has 0 saturated heterocycles. The molecule has 1 radical (unpaired) electrons. The second-order valence-corrected chi connectivity index (χ2v) is 2.72. The number of carbonyl (C=O) groups is 1. The standard InChI is InChI=1S/C10H12NO/c1-3-9-4-8(2)5-10(6-9)11-7-12/h4-7H,1,3H2,2H3,(H,11,12). The predicted octanol–water partition coefficient (Wildman–Crippen LogP) is 1.94. The van der Waals surface area contributed by atoms with E-state index in [1.54, 1.807) is 0 Å². The van der Waals surface area contributed by atoms with E-state index in [9.17, 15) is 4.79 Å². The Balaban J connectivity index is 2.97. The second kappa shape index (κ2) is 3.90. The zero-order valence-corrected chi connectivity index (χ0v) is 7.13. The number of hydrogen-bond donors (Lipinski definition) is 1. The Kier molecular flexibility index (Phi) is 2.86. The summed E-state index contributed by atoms with van der Waals surface area (Å²) < 4.78 is 0. The first-order chi connectivity index (χ1) is 5.76. The lowest BCUT2D eigenvalue weighted by atomic mass is 10.1. The molecule has 0 aliphatic carbocycles. The number of rotatable bonds is 3. The summed E-state index contributed by atoms with van der Waals surface area (Å²) in [5.74, 6) is 0. The Labute approximate surface area is 72.6 Å². The number of hydrogen-bond acceptors (Lipinski definition) is 1. The van der Waals surface area contributed by atoms with Gasteiger partial charge in [-0.1, -0.05) is 6.07 Å². The molecule has 0 saturated carbocycles. The van der Waals surface area contributed by atoms with Crippen molar-refractivity contribution in [3.63, 3.8) is 0 Å². The van der Waals surface area contributed by atoms with Gasteiger partial charge in [-0.05, 0) is 43.5 Å². The van der Waals surface area contributed by atoms with E-state index in [4.69, 9.17) is 0 Å². The molecule has 1 N–H and O–H groups in total. The molecule has 0 aliphatic heterocycles. The molecule has 2 nitrogen and oxygen atoms in total. The van der Waals surface area contributed by atoms with Gasteiger partial charge in [-0.25, -0.2) is 0 Å². The van der Waals surface area contributed by atoms with Crippen LogP contribution in [0.25, 0.3) is 0 Å². The normalized spacial score (nSPS) is 9.50. The lowest BCUT2D eigenvalue weighted by Crippen LogP contribution is -1.95. The van der Waals surface area contributed by atoms with E-state index in [1.807, 2.05) is 19.1 Å². The second-order valence-electron chi connectivity index (χ2n) is 2.72. The Morgan fingerprint density at radius 3 is 2.83 bits per heavy atom. The maximum absolute atomic E-state index is 10.2. The molecular weight excluding hydrogens is 150 g/mol. The van der Waals surface area contributed by atoms with Crippen molar-refractivity contribution in [3.05, 3.63) is 36.2 Å². The van der Waals surface area contributed by atoms with E-state index in [-0.39, 0.29) is 0 Å². The van der Waals surface area contributed by atoms with E-state index in [1.165, 1.54) is 0 Å². The Hall–Kier alpha value is -1.31. The van der Waals surface area contributed by atoms with E-state index in [2.05, 4.69) is 18.3 Å². The fourth-order valence-electron chi connectivity index (χ4n) is 1.16. The lowest BCUT2D eigenvalue weighted by Gasteiger charge is -2.03. The molecule has 0 atom stereocenters. The minimum absolute atomic E-state index is 0.682. The highest BCUT2D eigenvalue weighted by molar-refractivity contribution is 5.71. The molecule has 63 valence electrons. The molecule has 0 bridgehead atoms. The smallest absolute Gasteiger partial charge is 0.211 e. The van der Waals surface area contributed by atoms with E-state index >= 15 is 0 Å². The molecule has 1 aromatic carbocycles. The summed E-state index contributed by atoms with van der Waals surface area (Å²) in [6, 6.07) is 5.91. The molecule has 1 aromatic rings. The van der Waals surface area contributed by atoms with Gasteiger partial charge in [0.1, 0.15) is 0 Å². The molecule has 0 aliphatic rings. The van der Waals surface area contributed by atoms with Gasteiger partial charge in [0.25, 0.3) is 0 Å². The van der Waals surface area contributed by atoms with Crippen LogP contribution < -0.4 is 5.32 Å². The zero-order valence-electron chi connectivity index (χ0n) is 7.13. The maximum Gasteiger partial charge on any atom is 0.211 e. The van der Waals surface area contributed by atoms with Crippen LogP contribution in [-0.4, -0.2) is 6.41 Å². The quantitative estimate of drug-likeness (QED) is 0.676. The molecule has 0 fully saturated rings. The monoisotopic (exact) mass is 162 g/mol. The number of nitrogens with one attached hydrogen (secondary N) is 1. The van der Waals surface area contributed by atoms with Gasteiger partial charge in [0.2, 0.25) is 6.41 Å². The van der Waals surface area contributed by atoms with Crippen LogP contribution >= 0.6 is 0 Å². The summed E-state index contributed by atoms with van der Waals surface area (Å²) in [7, 11) is 0. The predicted molar refractivity (Wildman–Crippen MR) is 49.9 cm³/mol. The van der Waals surface area contributed by atoms with Crippen molar-refractivity contribution in [2.75, 3.05) is 5.32 Å². The fraction of sp³-hybridized carbons (Fsp3) is 0.200. The summed E-state index contributed by atoms with van der Waals surface area (Å²) in [6.07, 6.45) is 1.43. The van der Waals surface area contributed by atoms with Crippen LogP contribution in [0.2, 0.25) is 0 Å². The van der Waals surface area contributed by atoms with Crippen molar-refractivity contribution in [2.24, 2.45) is 0 Å². The number of carbonyl (C=O) groups excluding carboxylic acids is 1. The first-order valence-corrected chi connectivity index (χ1v) is 3.86. The summed E-state index contributed by atoms with van der Waals surface area (Å²) in [4.78, 5) is 10.2. The highest BCUT2D eigenvalue weighted by atomic mass is 16.1. The average Bonchev–Trinajstić information content (AvgIpc) is 2.04. The van der Waals surface area contributed by atoms with E-state index in [0.717, 1.165) is 23.2 Å². The summed E-state index contributed by atoms with van der Waals surface area (Å²) in [5.41, 5.74) is 3.11. The summed E-state index contributed by atoms with van der Waals surface area (Å²) in [5, 5.41) is 2.61. The largest absolute Gasteiger partial charge is 0.329 e. The van der Waals surface area contributed by atoms with Gasteiger partial charge in [0.15, 0.2) is 0 Å². The number of anilines is 1. The maximum atomic E-state index is 10.2. The minimum atomic E-state index is 0.682. The topological polar surface area (TPSA) is 29.1 Å². The van der Waals surface area contributed by atoms with Gasteiger partial charge >= 0.3 is 0 Å². The zero-order chi connectivity index (χ0) is 8.97. The van der Waals surface area contributed by atoms with E-state index < -0.39 is 0 Å². The number of amides is 1. The number of aryl methyl sites for hydroxylation is 1. The van der Waals surface area contributed by atoms with Gasteiger partial charge in [0, 0.05) is 5.69 Å². The summed E-state index contributed by atoms with van der Waals surface area (Å²) >= 11 is 0. The molecule has 2 heteroatoms. The highest BCUT2D eigenvalue weighted by Crippen LogP contribution is 2.13. The van der Waals surface area contributed by atoms with Gasteiger partial charge in [-0.2, -0.15) is 0 Å². The first kappa shape index (κ1) is 8.78. The molecule has 1 rings (SSSR count). The molecule has 0 heterocycles. The fourth-order valence-corrected chi connectivity index (χ4v) is 1.16. The molecule has 0 spiro atoms. The molecular formula is C10H12NO. The lowest BCUT2D eigenvalue weighted by molar-refractivity contribution is -0.105. The van der Waals surface area contributed by atoms with Crippen molar-refractivity contribution in [3.8, 4) is 0 Å². The van der Waals surface area contributed by atoms with Crippen molar-refractivity contribution >= 4 is 12.1 Å². The molecule has 0 unspecified atom stereocenters. The number of benzene rings is 1. The third kappa shape index (κ3) is 2.09. The molecule has 12 heavy (non-hydrogen) atoms. The van der Waals surface area contributed by atoms with Crippen molar-refractivity contribution in [1.29, 1.82) is 0 Å². The van der Waals surface area contributed by atoms with Crippen LogP contribution in [0, 0.1) is 13.8 Å². The van der Waals surface area contributed by atoms with Crippen LogP contribution in [0.5, 0.6) is 0 Å². The average molecular weight is 162 g/mol. The SMILES string of the molecule is [CH2]Cc1cc(C)cc(NC=O)c1. The van der Waals surface area contributed by atoms with Gasteiger partial charge in [-0.15, -0.1) is 0 Å². The summed E-state index contributed by atoms with van der Waals surface area (Å²) in [6.45, 7) is 5.78. The van der Waals surface area contributed by atoms with Crippen molar-refractivity contribution < 1.29 is 4.79 Å². The highest BCUT2D eigenvalue weighted by Gasteiger charge is 1.95. The third-order valence-corrected chi connectivity index (χ3v) is 1.65. The van der Waals surface area contributed by atoms with Crippen LogP contribution in [0.15, 0.2) is 18.2 Å². The Morgan fingerprint density at radius 1 is 1.50 bits per heavy atom. The van der Waals surface area contributed by atoms with Crippen LogP contribution in [0.4, 0.5) is 5.69 Å². The van der Waals surface area contributed by atoms with Crippen LogP contribution in [-0.2, 0) is 11.2 Å². The van der Waals surface area contributed by atoms with Gasteiger partial charge < -0.3 is 5.32 Å². The third-order valence-electron chi connectivity index (χ3n) is 1.65. The van der Waals surface area contributed by atoms with Crippen molar-refractivity contribution in [2.45, 2.75) is 13.3 Å². The van der Waals surface area contributed by atoms with Crippen LogP contribution in [0.1, 0.15) is 11.1 Å². The molecule has 0 aromatic heterocycles. The van der Waals surface area contributed by atoms with Gasteiger partial charge in [0.05, 0.1) is 0 Å². The molecule has 1 amide bonds. The van der Waals surface area contributed by atoms with E-state index in [0.29, 0.717) is 6.41 Å². The first-order valence-electron chi connectivity index (χ1n) is 3.86. The van der Waals surface area contributed by atoms with Gasteiger partial charge in [-0.3, -0.25) is 4.79 Å². The van der Waals surface area contributed by atoms with Crippen LogP contribution in [0.3, 0.4) is 0 Å². The van der Waals surface area contributed by atoms with Crippen molar-refractivity contribution in [1.82, 2.24) is 0 Å². The Bertz CT molecular complexity index is 281. The Morgan fingerprint density at radius 2 is 2.25 bits per heavy atom.